The summed E-state index contributed by atoms with van der Waals surface area (Å²) in [6.45, 7) is 3.88. The standard InChI is InChI=1S/C23H23F3N4O2/c1-3-14-7-9-16(10-8-14)30-13-15-11-19(20(32-2)12-18(15)29-30)28-22(31)17-5-4-6-21(27-17)23(24,25)26/h3-6,11-14,16H,1,7-10H2,2H3,(H,28,31)/t14-,16-. The fourth-order valence-corrected chi connectivity index (χ4v) is 4.03. The largest absolute Gasteiger partial charge is 0.494 e. The van der Waals surface area contributed by atoms with Gasteiger partial charge in [0, 0.05) is 17.6 Å². The first-order valence-corrected chi connectivity index (χ1v) is 10.3. The Balaban J connectivity index is 1.59. The van der Waals surface area contributed by atoms with Gasteiger partial charge in [0.25, 0.3) is 5.91 Å². The molecular formula is C23H23F3N4O2. The molecule has 4 rings (SSSR count). The molecule has 1 aliphatic carbocycles. The van der Waals surface area contributed by atoms with Crippen molar-refractivity contribution in [1.82, 2.24) is 14.8 Å². The molecule has 9 heteroatoms. The molecule has 2 aromatic heterocycles. The third-order valence-electron chi connectivity index (χ3n) is 5.81. The fourth-order valence-electron chi connectivity index (χ4n) is 4.03. The molecule has 0 atom stereocenters. The van der Waals surface area contributed by atoms with Crippen LogP contribution in [0.15, 0.2) is 49.2 Å². The Bertz CT molecular complexity index is 1150. The first-order valence-electron chi connectivity index (χ1n) is 10.3. The fraction of sp³-hybridized carbons (Fsp3) is 0.348. The van der Waals surface area contributed by atoms with Gasteiger partial charge in [0.1, 0.15) is 17.1 Å². The molecule has 3 aromatic rings. The minimum Gasteiger partial charge on any atom is -0.494 e. The van der Waals surface area contributed by atoms with Crippen LogP contribution in [-0.2, 0) is 6.18 Å². The number of carbonyl (C=O) groups is 1. The smallest absolute Gasteiger partial charge is 0.433 e. The zero-order valence-electron chi connectivity index (χ0n) is 17.5. The van der Waals surface area contributed by atoms with Crippen molar-refractivity contribution in [3.8, 4) is 5.75 Å². The highest BCUT2D eigenvalue weighted by atomic mass is 19.4. The molecule has 6 nitrogen and oxygen atoms in total. The lowest BCUT2D eigenvalue weighted by molar-refractivity contribution is -0.141. The Morgan fingerprint density at radius 3 is 2.66 bits per heavy atom. The first kappa shape index (κ1) is 21.9. The summed E-state index contributed by atoms with van der Waals surface area (Å²) in [6, 6.07) is 6.90. The Labute approximate surface area is 183 Å². The number of alkyl halides is 3. The van der Waals surface area contributed by atoms with Crippen molar-refractivity contribution in [2.75, 3.05) is 12.4 Å². The quantitative estimate of drug-likeness (QED) is 0.518. The second-order valence-electron chi connectivity index (χ2n) is 7.88. The number of hydrogen-bond donors (Lipinski definition) is 1. The molecule has 0 radical (unpaired) electrons. The summed E-state index contributed by atoms with van der Waals surface area (Å²) in [6.07, 6.45) is 3.45. The second-order valence-corrected chi connectivity index (χ2v) is 7.88. The maximum atomic E-state index is 12.9. The summed E-state index contributed by atoms with van der Waals surface area (Å²) < 4.78 is 46.1. The number of nitrogens with zero attached hydrogens (tertiary/aromatic N) is 3. The topological polar surface area (TPSA) is 69.0 Å². The highest BCUT2D eigenvalue weighted by molar-refractivity contribution is 6.05. The van der Waals surface area contributed by atoms with Crippen molar-refractivity contribution in [2.45, 2.75) is 37.9 Å². The van der Waals surface area contributed by atoms with Gasteiger partial charge in [0.05, 0.1) is 24.4 Å². The van der Waals surface area contributed by atoms with E-state index in [0.717, 1.165) is 43.2 Å². The lowest BCUT2D eigenvalue weighted by Crippen LogP contribution is -2.17. The monoisotopic (exact) mass is 444 g/mol. The van der Waals surface area contributed by atoms with Crippen LogP contribution in [0.1, 0.15) is 47.9 Å². The summed E-state index contributed by atoms with van der Waals surface area (Å²) in [7, 11) is 1.45. The van der Waals surface area contributed by atoms with Gasteiger partial charge >= 0.3 is 6.18 Å². The molecule has 1 aromatic carbocycles. The van der Waals surface area contributed by atoms with E-state index in [9.17, 15) is 18.0 Å². The van der Waals surface area contributed by atoms with E-state index in [0.29, 0.717) is 22.9 Å². The summed E-state index contributed by atoms with van der Waals surface area (Å²) in [5, 5.41) is 8.08. The van der Waals surface area contributed by atoms with Gasteiger partial charge in [-0.25, -0.2) is 4.98 Å². The Hall–Kier alpha value is -3.36. The highest BCUT2D eigenvalue weighted by Crippen LogP contribution is 2.35. The number of nitrogens with one attached hydrogen (secondary N) is 1. The van der Waals surface area contributed by atoms with Crippen LogP contribution in [0.3, 0.4) is 0 Å². The number of allylic oxidation sites excluding steroid dienone is 1. The van der Waals surface area contributed by atoms with E-state index in [-0.39, 0.29) is 11.7 Å². The molecule has 1 aliphatic rings. The zero-order chi connectivity index (χ0) is 22.9. The molecule has 1 N–H and O–H groups in total. The van der Waals surface area contributed by atoms with Gasteiger partial charge < -0.3 is 10.1 Å². The number of anilines is 1. The lowest BCUT2D eigenvalue weighted by atomic mass is 9.86. The third kappa shape index (κ3) is 4.46. The van der Waals surface area contributed by atoms with E-state index in [2.05, 4.69) is 22.0 Å². The number of methoxy groups -OCH3 is 1. The summed E-state index contributed by atoms with van der Waals surface area (Å²) in [5.41, 5.74) is -0.418. The number of fused-ring (bicyclic) bond motifs is 1. The number of pyridine rings is 1. The van der Waals surface area contributed by atoms with Crippen molar-refractivity contribution < 1.29 is 22.7 Å². The van der Waals surface area contributed by atoms with E-state index >= 15 is 0 Å². The summed E-state index contributed by atoms with van der Waals surface area (Å²) in [5.74, 6) is 0.143. The van der Waals surface area contributed by atoms with E-state index in [1.54, 1.807) is 12.1 Å². The number of ether oxygens (including phenoxy) is 1. The van der Waals surface area contributed by atoms with E-state index in [1.165, 1.54) is 13.2 Å². The Kier molecular flexibility index (Phi) is 5.90. The highest BCUT2D eigenvalue weighted by Gasteiger charge is 2.33. The number of amides is 1. The van der Waals surface area contributed by atoms with Crippen LogP contribution < -0.4 is 10.1 Å². The predicted octanol–water partition coefficient (Wildman–Crippen LogP) is 5.63. The molecule has 32 heavy (non-hydrogen) atoms. The first-order chi connectivity index (χ1) is 15.3. The predicted molar refractivity (Wildman–Crippen MR) is 115 cm³/mol. The van der Waals surface area contributed by atoms with Crippen LogP contribution in [0.5, 0.6) is 5.75 Å². The SMILES string of the molecule is C=C[C@H]1CC[C@H](n2cc3cc(NC(=O)c4cccc(C(F)(F)F)n4)c(OC)cc3n2)CC1. The van der Waals surface area contributed by atoms with Gasteiger partial charge in [-0.05, 0) is 49.8 Å². The van der Waals surface area contributed by atoms with E-state index in [1.807, 2.05) is 17.0 Å². The average Bonchev–Trinajstić information content (AvgIpc) is 3.21. The molecule has 0 bridgehead atoms. The molecule has 0 aliphatic heterocycles. The van der Waals surface area contributed by atoms with Gasteiger partial charge in [-0.1, -0.05) is 12.1 Å². The Morgan fingerprint density at radius 2 is 2.00 bits per heavy atom. The minimum absolute atomic E-state index is 0.289. The number of aromatic nitrogens is 3. The molecule has 0 spiro atoms. The van der Waals surface area contributed by atoms with Gasteiger partial charge in [0.2, 0.25) is 0 Å². The van der Waals surface area contributed by atoms with Gasteiger partial charge in [-0.3, -0.25) is 9.48 Å². The molecule has 168 valence electrons. The van der Waals surface area contributed by atoms with E-state index in [4.69, 9.17) is 4.74 Å². The number of halogens is 3. The van der Waals surface area contributed by atoms with Crippen LogP contribution in [0.4, 0.5) is 18.9 Å². The molecule has 1 amide bonds. The zero-order valence-corrected chi connectivity index (χ0v) is 17.5. The van der Waals surface area contributed by atoms with Crippen molar-refractivity contribution in [1.29, 1.82) is 0 Å². The van der Waals surface area contributed by atoms with Crippen LogP contribution in [0, 0.1) is 5.92 Å². The van der Waals surface area contributed by atoms with Crippen molar-refractivity contribution in [3.05, 3.63) is 60.6 Å². The van der Waals surface area contributed by atoms with Crippen molar-refractivity contribution in [3.63, 3.8) is 0 Å². The van der Waals surface area contributed by atoms with Crippen molar-refractivity contribution in [2.24, 2.45) is 5.92 Å². The third-order valence-corrected chi connectivity index (χ3v) is 5.81. The lowest BCUT2D eigenvalue weighted by Gasteiger charge is -2.26. The number of hydrogen-bond acceptors (Lipinski definition) is 4. The normalized spacial score (nSPS) is 19.0. The maximum Gasteiger partial charge on any atom is 0.433 e. The molecule has 0 saturated heterocycles. The summed E-state index contributed by atoms with van der Waals surface area (Å²) in [4.78, 5) is 16.0. The number of benzene rings is 1. The van der Waals surface area contributed by atoms with Crippen LogP contribution in [0.25, 0.3) is 10.9 Å². The number of rotatable bonds is 5. The molecule has 1 fully saturated rings. The van der Waals surface area contributed by atoms with Crippen LogP contribution >= 0.6 is 0 Å². The number of carbonyl (C=O) groups excluding carboxylic acids is 1. The maximum absolute atomic E-state index is 12.9. The summed E-state index contributed by atoms with van der Waals surface area (Å²) >= 11 is 0. The van der Waals surface area contributed by atoms with Gasteiger partial charge in [-0.2, -0.15) is 18.3 Å². The van der Waals surface area contributed by atoms with Crippen LogP contribution in [-0.4, -0.2) is 27.8 Å². The molecular weight excluding hydrogens is 421 g/mol. The van der Waals surface area contributed by atoms with Gasteiger partial charge in [0.15, 0.2) is 0 Å². The van der Waals surface area contributed by atoms with Crippen LogP contribution in [0.2, 0.25) is 0 Å². The van der Waals surface area contributed by atoms with Gasteiger partial charge in [-0.15, -0.1) is 6.58 Å². The minimum atomic E-state index is -4.63. The molecule has 2 heterocycles. The average molecular weight is 444 g/mol. The van der Waals surface area contributed by atoms with E-state index < -0.39 is 17.8 Å². The Morgan fingerprint density at radius 1 is 1.25 bits per heavy atom. The molecule has 1 saturated carbocycles. The second kappa shape index (κ2) is 8.64. The molecule has 0 unspecified atom stereocenters. The van der Waals surface area contributed by atoms with Crippen molar-refractivity contribution >= 4 is 22.5 Å².